The van der Waals surface area contributed by atoms with Gasteiger partial charge in [-0.3, -0.25) is 0 Å². The van der Waals surface area contributed by atoms with Crippen LogP contribution in [0, 0.1) is 0 Å². The second-order valence-electron chi connectivity index (χ2n) is 2.83. The Balaban J connectivity index is 0.000000606. The predicted molar refractivity (Wildman–Crippen MR) is 59.9 cm³/mol. The van der Waals surface area contributed by atoms with E-state index in [1.54, 1.807) is 0 Å². The Labute approximate surface area is 98.6 Å². The molecule has 4 nitrogen and oxygen atoms in total. The van der Waals surface area contributed by atoms with Crippen LogP contribution in [-0.2, 0) is 20.4 Å². The monoisotopic (exact) mass is 262 g/mol. The van der Waals surface area contributed by atoms with Gasteiger partial charge in [0, 0.05) is 16.2 Å². The molecule has 0 saturated heterocycles. The zero-order valence-corrected chi connectivity index (χ0v) is 10.4. The van der Waals surface area contributed by atoms with Crippen LogP contribution in [0.15, 0.2) is 23.1 Å². The van der Waals surface area contributed by atoms with E-state index in [1.807, 2.05) is 13.8 Å². The molecule has 0 fully saturated rings. The fraction of sp³-hybridized carbons (Fsp3) is 0.300. The van der Waals surface area contributed by atoms with E-state index >= 15 is 0 Å². The molecule has 0 spiro atoms. The zero-order chi connectivity index (χ0) is 12.3. The molecule has 88 valence electrons. The molecule has 6 heteroatoms. The van der Waals surface area contributed by atoms with Gasteiger partial charge in [-0.05, 0) is 18.2 Å². The van der Waals surface area contributed by atoms with Crippen LogP contribution >= 0.6 is 10.7 Å². The highest BCUT2D eigenvalue weighted by Gasteiger charge is 2.23. The fourth-order valence-corrected chi connectivity index (χ4v) is 2.06. The van der Waals surface area contributed by atoms with Crippen molar-refractivity contribution in [3.8, 4) is 0 Å². The lowest BCUT2D eigenvalue weighted by Gasteiger charge is -1.97. The molecular weight excluding hydrogens is 252 g/mol. The third kappa shape index (κ3) is 2.54. The highest BCUT2D eigenvalue weighted by Crippen LogP contribution is 2.24. The van der Waals surface area contributed by atoms with Gasteiger partial charge in [-0.15, -0.1) is 0 Å². The van der Waals surface area contributed by atoms with E-state index in [0.29, 0.717) is 11.1 Å². The molecule has 0 atom stereocenters. The minimum absolute atomic E-state index is 0.0174. The summed E-state index contributed by atoms with van der Waals surface area (Å²) >= 11 is 0. The molecule has 1 aromatic rings. The Morgan fingerprint density at radius 3 is 2.50 bits per heavy atom. The maximum Gasteiger partial charge on any atom is 0.338 e. The van der Waals surface area contributed by atoms with Crippen molar-refractivity contribution in [2.45, 2.75) is 25.3 Å². The number of esters is 1. The van der Waals surface area contributed by atoms with E-state index in [2.05, 4.69) is 0 Å². The van der Waals surface area contributed by atoms with E-state index < -0.39 is 15.0 Å². The molecule has 1 aliphatic rings. The Bertz CT molecular complexity index is 508. The first-order valence-corrected chi connectivity index (χ1v) is 7.04. The molecule has 2 rings (SSSR count). The summed E-state index contributed by atoms with van der Waals surface area (Å²) in [5, 5.41) is 0. The van der Waals surface area contributed by atoms with Crippen LogP contribution in [0.3, 0.4) is 0 Å². The Kier molecular flexibility index (Phi) is 3.93. The summed E-state index contributed by atoms with van der Waals surface area (Å²) < 4.78 is 26.6. The minimum atomic E-state index is -3.74. The van der Waals surface area contributed by atoms with E-state index in [0.717, 1.165) is 0 Å². The number of hydrogen-bond donors (Lipinski definition) is 0. The first-order valence-electron chi connectivity index (χ1n) is 4.73. The van der Waals surface area contributed by atoms with Gasteiger partial charge in [0.25, 0.3) is 9.05 Å². The molecular formula is C10H11ClO4S. The number of halogens is 1. The van der Waals surface area contributed by atoms with Gasteiger partial charge >= 0.3 is 5.97 Å². The fourth-order valence-electron chi connectivity index (χ4n) is 1.26. The van der Waals surface area contributed by atoms with Crippen molar-refractivity contribution in [1.29, 1.82) is 0 Å². The normalized spacial score (nSPS) is 13.6. The number of rotatable bonds is 1. The summed E-state index contributed by atoms with van der Waals surface area (Å²) in [6.07, 6.45) is 0. The number of fused-ring (bicyclic) bond motifs is 1. The molecule has 0 unspecified atom stereocenters. The van der Waals surface area contributed by atoms with Gasteiger partial charge in [0.1, 0.15) is 6.61 Å². The van der Waals surface area contributed by atoms with Gasteiger partial charge in [0.15, 0.2) is 0 Å². The Morgan fingerprint density at radius 1 is 1.31 bits per heavy atom. The minimum Gasteiger partial charge on any atom is -0.457 e. The molecule has 0 radical (unpaired) electrons. The smallest absolute Gasteiger partial charge is 0.338 e. The summed E-state index contributed by atoms with van der Waals surface area (Å²) in [5.74, 6) is -0.432. The van der Waals surface area contributed by atoms with Crippen LogP contribution in [0.25, 0.3) is 0 Å². The summed E-state index contributed by atoms with van der Waals surface area (Å²) in [5.41, 5.74) is 0.950. The number of cyclic esters (lactones) is 1. The van der Waals surface area contributed by atoms with Crippen LogP contribution in [0.2, 0.25) is 0 Å². The molecule has 0 aromatic heterocycles. The van der Waals surface area contributed by atoms with Crippen molar-refractivity contribution in [2.75, 3.05) is 0 Å². The largest absolute Gasteiger partial charge is 0.457 e. The molecule has 16 heavy (non-hydrogen) atoms. The quantitative estimate of drug-likeness (QED) is 0.576. The summed E-state index contributed by atoms with van der Waals surface area (Å²) in [7, 11) is 1.41. The highest BCUT2D eigenvalue weighted by atomic mass is 35.7. The molecule has 0 aliphatic carbocycles. The molecule has 0 N–H and O–H groups in total. The van der Waals surface area contributed by atoms with E-state index in [4.69, 9.17) is 15.4 Å². The van der Waals surface area contributed by atoms with E-state index in [-0.39, 0.29) is 11.5 Å². The summed E-state index contributed by atoms with van der Waals surface area (Å²) in [6, 6.07) is 4.04. The number of carbonyl (C=O) groups is 1. The Morgan fingerprint density at radius 2 is 1.94 bits per heavy atom. The molecule has 1 heterocycles. The van der Waals surface area contributed by atoms with Crippen molar-refractivity contribution >= 4 is 25.7 Å². The van der Waals surface area contributed by atoms with Gasteiger partial charge in [-0.1, -0.05) is 13.8 Å². The average molecular weight is 263 g/mol. The average Bonchev–Trinajstić information content (AvgIpc) is 2.62. The number of carbonyl (C=O) groups excluding carboxylic acids is 1. The van der Waals surface area contributed by atoms with Crippen LogP contribution in [0.4, 0.5) is 0 Å². The van der Waals surface area contributed by atoms with E-state index in [9.17, 15) is 13.2 Å². The van der Waals surface area contributed by atoms with Crippen LogP contribution < -0.4 is 0 Å². The van der Waals surface area contributed by atoms with Crippen LogP contribution in [0.1, 0.15) is 29.8 Å². The van der Waals surface area contributed by atoms with Crippen molar-refractivity contribution in [3.05, 3.63) is 29.3 Å². The van der Waals surface area contributed by atoms with Crippen molar-refractivity contribution in [3.63, 3.8) is 0 Å². The number of hydrogen-bond acceptors (Lipinski definition) is 4. The van der Waals surface area contributed by atoms with Gasteiger partial charge in [0.2, 0.25) is 0 Å². The summed E-state index contributed by atoms with van der Waals surface area (Å²) in [4.78, 5) is 11.0. The van der Waals surface area contributed by atoms with Crippen molar-refractivity contribution in [2.24, 2.45) is 0 Å². The van der Waals surface area contributed by atoms with Crippen LogP contribution in [0.5, 0.6) is 0 Å². The van der Waals surface area contributed by atoms with Gasteiger partial charge in [0.05, 0.1) is 10.5 Å². The molecule has 0 bridgehead atoms. The van der Waals surface area contributed by atoms with Gasteiger partial charge in [-0.25, -0.2) is 13.2 Å². The van der Waals surface area contributed by atoms with E-state index in [1.165, 1.54) is 18.2 Å². The second-order valence-corrected chi connectivity index (χ2v) is 5.40. The van der Waals surface area contributed by atoms with Crippen molar-refractivity contribution in [1.82, 2.24) is 0 Å². The summed E-state index contributed by atoms with van der Waals surface area (Å²) in [6.45, 7) is 4.11. The Hall–Kier alpha value is -1.07. The lowest BCUT2D eigenvalue weighted by Crippen LogP contribution is -1.95. The molecule has 1 aromatic carbocycles. The molecule has 0 amide bonds. The van der Waals surface area contributed by atoms with Crippen LogP contribution in [-0.4, -0.2) is 14.4 Å². The topological polar surface area (TPSA) is 60.4 Å². The first-order chi connectivity index (χ1) is 7.48. The highest BCUT2D eigenvalue weighted by molar-refractivity contribution is 8.13. The maximum atomic E-state index is 11.0. The third-order valence-electron chi connectivity index (χ3n) is 1.94. The van der Waals surface area contributed by atoms with Crippen molar-refractivity contribution < 1.29 is 17.9 Å². The standard InChI is InChI=1S/C8H5ClO4S.C2H6/c9-14(11,12)6-1-2-7-5(3-6)4-13-8(7)10;1-2/h1-3H,4H2;1-2H3. The molecule has 1 aliphatic heterocycles. The number of ether oxygens (including phenoxy) is 1. The first kappa shape index (κ1) is 13.0. The molecule has 0 saturated carbocycles. The zero-order valence-electron chi connectivity index (χ0n) is 8.86. The number of benzene rings is 1. The SMILES string of the molecule is CC.O=C1OCc2cc(S(=O)(=O)Cl)ccc21. The van der Waals surface area contributed by atoms with Gasteiger partial charge in [-0.2, -0.15) is 0 Å². The second kappa shape index (κ2) is 4.84. The predicted octanol–water partition coefficient (Wildman–Crippen LogP) is 2.31. The maximum absolute atomic E-state index is 11.0. The van der Waals surface area contributed by atoms with Gasteiger partial charge < -0.3 is 4.74 Å². The lowest BCUT2D eigenvalue weighted by atomic mass is 10.1. The third-order valence-corrected chi connectivity index (χ3v) is 3.29. The lowest BCUT2D eigenvalue weighted by molar-refractivity contribution is 0.0535.